The van der Waals surface area contributed by atoms with E-state index in [1.54, 1.807) is 0 Å². The summed E-state index contributed by atoms with van der Waals surface area (Å²) in [5.74, 6) is 0. The second-order valence-corrected chi connectivity index (χ2v) is 3.00. The zero-order valence-corrected chi connectivity index (χ0v) is 7.97. The lowest BCUT2D eigenvalue weighted by atomic mass is 9.95. The lowest BCUT2D eigenvalue weighted by molar-refractivity contribution is 1.10. The average Bonchev–Trinajstić information content (AvgIpc) is 2.06. The van der Waals surface area contributed by atoms with Gasteiger partial charge in [0.25, 0.3) is 0 Å². The maximum absolute atomic E-state index is 5.47. The smallest absolute Gasteiger partial charge is 0.0657 e. The molecule has 2 radical (unpaired) electrons. The molecule has 0 aliphatic heterocycles. The van der Waals surface area contributed by atoms with E-state index in [9.17, 15) is 0 Å². The summed E-state index contributed by atoms with van der Waals surface area (Å²) < 4.78 is 0. The summed E-state index contributed by atoms with van der Waals surface area (Å²) in [6, 6.07) is 8.36. The Balaban J connectivity index is 2.83. The lowest BCUT2D eigenvalue weighted by Gasteiger charge is -2.03. The lowest BCUT2D eigenvalue weighted by Crippen LogP contribution is -1.89. The molecule has 0 saturated heterocycles. The zero-order valence-electron chi connectivity index (χ0n) is 6.39. The van der Waals surface area contributed by atoms with Crippen LogP contribution in [0.4, 0.5) is 0 Å². The maximum atomic E-state index is 5.47. The molecule has 0 nitrogen and oxygen atoms in total. The Morgan fingerprint density at radius 1 is 1.18 bits per heavy atom. The predicted octanol–water partition coefficient (Wildman–Crippen LogP) is 2.71. The third kappa shape index (κ3) is 2.37. The van der Waals surface area contributed by atoms with Crippen LogP contribution in [0.2, 0.25) is 6.32 Å². The van der Waals surface area contributed by atoms with Crippen LogP contribution in [0.25, 0.3) is 0 Å². The minimum absolute atomic E-state index is 0.726. The normalized spacial score (nSPS) is 9.91. The highest BCUT2D eigenvalue weighted by Gasteiger charge is 1.96. The first-order valence-corrected chi connectivity index (χ1v) is 4.83. The van der Waals surface area contributed by atoms with Crippen LogP contribution in [-0.2, 0) is 11.8 Å². The molecule has 0 bridgehead atoms. The highest BCUT2D eigenvalue weighted by Crippen LogP contribution is 2.13. The van der Waals surface area contributed by atoms with E-state index >= 15 is 0 Å². The van der Waals surface area contributed by atoms with Gasteiger partial charge in [-0.3, -0.25) is 0 Å². The van der Waals surface area contributed by atoms with Gasteiger partial charge in [0.05, 0.1) is 7.85 Å². The van der Waals surface area contributed by atoms with Gasteiger partial charge >= 0.3 is 0 Å². The van der Waals surface area contributed by atoms with Crippen LogP contribution >= 0.6 is 15.9 Å². The number of hydrogen-bond acceptors (Lipinski definition) is 0. The topological polar surface area (TPSA) is 0 Å². The molecule has 0 aliphatic rings. The molecule has 0 unspecified atom stereocenters. The predicted molar refractivity (Wildman–Crippen MR) is 53.3 cm³/mol. The van der Waals surface area contributed by atoms with Gasteiger partial charge in [-0.25, -0.2) is 0 Å². The fraction of sp³-hybridized carbons (Fsp3) is 0.333. The first-order chi connectivity index (χ1) is 5.38. The molecule has 1 aromatic carbocycles. The molecule has 0 aromatic heterocycles. The van der Waals surface area contributed by atoms with E-state index in [1.165, 1.54) is 11.1 Å². The third-order valence-corrected chi connectivity index (χ3v) is 2.28. The Bertz CT molecular complexity index is 223. The first kappa shape index (κ1) is 8.86. The van der Waals surface area contributed by atoms with Crippen molar-refractivity contribution in [1.29, 1.82) is 0 Å². The van der Waals surface area contributed by atoms with Crippen molar-refractivity contribution in [1.82, 2.24) is 0 Å². The van der Waals surface area contributed by atoms with Crippen LogP contribution in [0.5, 0.6) is 0 Å². The molecular weight excluding hydrogens is 199 g/mol. The van der Waals surface area contributed by atoms with E-state index in [2.05, 4.69) is 40.2 Å². The number of benzene rings is 1. The van der Waals surface area contributed by atoms with Gasteiger partial charge in [-0.1, -0.05) is 46.5 Å². The van der Waals surface area contributed by atoms with E-state index in [1.807, 2.05) is 0 Å². The van der Waals surface area contributed by atoms with Crippen LogP contribution in [-0.4, -0.2) is 7.85 Å². The van der Waals surface area contributed by atoms with Gasteiger partial charge in [-0.15, -0.1) is 0 Å². The molecule has 2 heteroatoms. The Kier molecular flexibility index (Phi) is 3.71. The number of aryl methyl sites for hydroxylation is 1. The Hall–Kier alpha value is -0.235. The first-order valence-electron chi connectivity index (χ1n) is 3.71. The second-order valence-electron chi connectivity index (χ2n) is 2.44. The van der Waals surface area contributed by atoms with Gasteiger partial charge in [0.1, 0.15) is 0 Å². The number of alkyl halides is 1. The molecule has 0 amide bonds. The van der Waals surface area contributed by atoms with E-state index in [0.717, 1.165) is 18.1 Å². The summed E-state index contributed by atoms with van der Waals surface area (Å²) in [7, 11) is 5.47. The van der Waals surface area contributed by atoms with Gasteiger partial charge in [0.15, 0.2) is 0 Å². The summed E-state index contributed by atoms with van der Waals surface area (Å²) in [5, 5.41) is 0.920. The number of halogens is 1. The molecule has 0 saturated carbocycles. The molecule has 0 heterocycles. The van der Waals surface area contributed by atoms with Crippen molar-refractivity contribution >= 4 is 23.8 Å². The Labute approximate surface area is 77.5 Å². The van der Waals surface area contributed by atoms with E-state index < -0.39 is 0 Å². The summed E-state index contributed by atoms with van der Waals surface area (Å²) in [4.78, 5) is 0. The largest absolute Gasteiger partial charge is 0.0876 e. The highest BCUT2D eigenvalue weighted by molar-refractivity contribution is 9.08. The second kappa shape index (κ2) is 4.60. The minimum atomic E-state index is 0.726. The molecule has 11 heavy (non-hydrogen) atoms. The molecule has 56 valence electrons. The highest BCUT2D eigenvalue weighted by atomic mass is 79.9. The van der Waals surface area contributed by atoms with Crippen LogP contribution in [0.1, 0.15) is 11.1 Å². The van der Waals surface area contributed by atoms with Crippen molar-refractivity contribution < 1.29 is 0 Å². The van der Waals surface area contributed by atoms with Gasteiger partial charge in [-0.05, 0) is 17.5 Å². The molecule has 0 N–H and O–H groups in total. The fourth-order valence-corrected chi connectivity index (χ4v) is 1.63. The SMILES string of the molecule is [B]CCc1ccccc1CBr. The standard InChI is InChI=1S/C9H10BBr/c10-6-5-8-3-1-2-4-9(8)7-11/h1-4H,5-7H2. The quantitative estimate of drug-likeness (QED) is 0.530. The van der Waals surface area contributed by atoms with Gasteiger partial charge < -0.3 is 0 Å². The van der Waals surface area contributed by atoms with Crippen LogP contribution in [0, 0.1) is 0 Å². The summed E-state index contributed by atoms with van der Waals surface area (Å²) in [6.45, 7) is 0. The summed E-state index contributed by atoms with van der Waals surface area (Å²) in [6.07, 6.45) is 1.70. The van der Waals surface area contributed by atoms with E-state index in [4.69, 9.17) is 7.85 Å². The average molecular weight is 209 g/mol. The van der Waals surface area contributed by atoms with Gasteiger partial charge in [-0.2, -0.15) is 0 Å². The van der Waals surface area contributed by atoms with Crippen molar-refractivity contribution in [3.63, 3.8) is 0 Å². The maximum Gasteiger partial charge on any atom is 0.0657 e. The van der Waals surface area contributed by atoms with Crippen molar-refractivity contribution in [2.24, 2.45) is 0 Å². The summed E-state index contributed by atoms with van der Waals surface area (Å²) >= 11 is 3.44. The molecule has 0 aliphatic carbocycles. The van der Waals surface area contributed by atoms with Gasteiger partial charge in [0.2, 0.25) is 0 Å². The third-order valence-electron chi connectivity index (χ3n) is 1.68. The van der Waals surface area contributed by atoms with E-state index in [0.29, 0.717) is 0 Å². The molecular formula is C9H10BBr. The minimum Gasteiger partial charge on any atom is -0.0876 e. The number of hydrogen-bond donors (Lipinski definition) is 0. The molecule has 0 spiro atoms. The van der Waals surface area contributed by atoms with Crippen molar-refractivity contribution in [2.45, 2.75) is 18.1 Å². The van der Waals surface area contributed by atoms with Gasteiger partial charge in [0, 0.05) is 5.33 Å². The molecule has 0 atom stereocenters. The molecule has 1 rings (SSSR count). The Morgan fingerprint density at radius 3 is 2.36 bits per heavy atom. The monoisotopic (exact) mass is 208 g/mol. The summed E-state index contributed by atoms with van der Waals surface area (Å²) in [5.41, 5.74) is 2.70. The fourth-order valence-electron chi connectivity index (χ4n) is 1.09. The van der Waals surface area contributed by atoms with Crippen LogP contribution in [0.3, 0.4) is 0 Å². The van der Waals surface area contributed by atoms with Crippen molar-refractivity contribution in [2.75, 3.05) is 0 Å². The van der Waals surface area contributed by atoms with Crippen molar-refractivity contribution in [3.8, 4) is 0 Å². The van der Waals surface area contributed by atoms with Crippen LogP contribution in [0.15, 0.2) is 24.3 Å². The molecule has 0 fully saturated rings. The van der Waals surface area contributed by atoms with E-state index in [-0.39, 0.29) is 0 Å². The van der Waals surface area contributed by atoms with Crippen LogP contribution < -0.4 is 0 Å². The number of rotatable bonds is 3. The van der Waals surface area contributed by atoms with Crippen molar-refractivity contribution in [3.05, 3.63) is 35.4 Å². The Morgan fingerprint density at radius 2 is 1.82 bits per heavy atom. The molecule has 1 aromatic rings. The zero-order chi connectivity index (χ0) is 8.10.